The Morgan fingerprint density at radius 1 is 1.31 bits per heavy atom. The molecule has 8 heteroatoms. The van der Waals surface area contributed by atoms with E-state index >= 15 is 0 Å². The fourth-order valence-corrected chi connectivity index (χ4v) is 3.29. The Morgan fingerprint density at radius 2 is 2.23 bits per heavy atom. The molecule has 0 aliphatic rings. The average Bonchev–Trinajstić information content (AvgIpc) is 3.29. The smallest absolute Gasteiger partial charge is 0.279 e. The first kappa shape index (κ1) is 16.2. The van der Waals surface area contributed by atoms with Gasteiger partial charge in [-0.15, -0.1) is 0 Å². The lowest BCUT2D eigenvalue weighted by atomic mass is 10.2. The number of hydrogen-bond acceptors (Lipinski definition) is 7. The fraction of sp³-hybridized carbons (Fsp3) is 0.111. The van der Waals surface area contributed by atoms with E-state index in [4.69, 9.17) is 9.26 Å². The van der Waals surface area contributed by atoms with Crippen molar-refractivity contribution in [1.29, 1.82) is 0 Å². The van der Waals surface area contributed by atoms with Crippen molar-refractivity contribution in [2.75, 3.05) is 11.9 Å². The lowest BCUT2D eigenvalue weighted by Crippen LogP contribution is -2.11. The fourth-order valence-electron chi connectivity index (χ4n) is 2.40. The number of carbonyl (C=O) groups is 1. The molecule has 0 bridgehead atoms. The zero-order valence-corrected chi connectivity index (χ0v) is 14.6. The molecule has 1 aromatic carbocycles. The first-order valence-corrected chi connectivity index (χ1v) is 8.76. The molecule has 0 saturated carbocycles. The van der Waals surface area contributed by atoms with Crippen LogP contribution in [0.4, 0.5) is 5.13 Å². The van der Waals surface area contributed by atoms with Crippen LogP contribution in [0, 0.1) is 0 Å². The minimum absolute atomic E-state index is 0.179. The zero-order valence-electron chi connectivity index (χ0n) is 13.8. The van der Waals surface area contributed by atoms with Gasteiger partial charge >= 0.3 is 0 Å². The van der Waals surface area contributed by atoms with Gasteiger partial charge in [-0.3, -0.25) is 15.1 Å². The van der Waals surface area contributed by atoms with Crippen LogP contribution in [-0.2, 0) is 0 Å². The maximum Gasteiger partial charge on any atom is 0.279 e. The number of hydrogen-bond donors (Lipinski definition) is 1. The summed E-state index contributed by atoms with van der Waals surface area (Å²) in [7, 11) is 0. The van der Waals surface area contributed by atoms with E-state index < -0.39 is 0 Å². The van der Waals surface area contributed by atoms with Gasteiger partial charge in [0.25, 0.3) is 5.91 Å². The van der Waals surface area contributed by atoms with Gasteiger partial charge in [0, 0.05) is 24.0 Å². The third kappa shape index (κ3) is 3.27. The standard InChI is InChI=1S/C18H14N4O3S/c1-2-24-12-5-6-13-16(8-12)26-18(20-13)21-17(23)14-9-15(25-22-14)11-4-3-7-19-10-11/h3-10H,2H2,1H3,(H,20,21,23). The van der Waals surface area contributed by atoms with Crippen LogP contribution < -0.4 is 10.1 Å². The Balaban J connectivity index is 1.53. The number of aromatic nitrogens is 3. The molecule has 4 aromatic rings. The maximum atomic E-state index is 12.4. The molecule has 3 heterocycles. The predicted octanol–water partition coefficient (Wildman–Crippen LogP) is 4.00. The van der Waals surface area contributed by atoms with E-state index in [1.807, 2.05) is 31.2 Å². The summed E-state index contributed by atoms with van der Waals surface area (Å²) in [4.78, 5) is 20.8. The summed E-state index contributed by atoms with van der Waals surface area (Å²) in [6, 6.07) is 10.8. The second-order valence-electron chi connectivity index (χ2n) is 5.35. The van der Waals surface area contributed by atoms with Crippen LogP contribution in [0.25, 0.3) is 21.5 Å². The topological polar surface area (TPSA) is 90.1 Å². The Bertz CT molecular complexity index is 1060. The molecule has 0 aliphatic carbocycles. The van der Waals surface area contributed by atoms with E-state index in [0.29, 0.717) is 17.5 Å². The van der Waals surface area contributed by atoms with Crippen molar-refractivity contribution in [2.24, 2.45) is 0 Å². The Hall–Kier alpha value is -3.26. The van der Waals surface area contributed by atoms with Crippen molar-refractivity contribution < 1.29 is 14.1 Å². The van der Waals surface area contributed by atoms with Gasteiger partial charge in [0.05, 0.1) is 16.8 Å². The number of fused-ring (bicyclic) bond motifs is 1. The molecule has 1 N–H and O–H groups in total. The summed E-state index contributed by atoms with van der Waals surface area (Å²) in [5.41, 5.74) is 1.73. The molecular formula is C18H14N4O3S. The third-order valence-corrected chi connectivity index (χ3v) is 4.51. The number of rotatable bonds is 5. The van der Waals surface area contributed by atoms with Gasteiger partial charge in [0.1, 0.15) is 5.75 Å². The lowest BCUT2D eigenvalue weighted by molar-refractivity contribution is 0.101. The monoisotopic (exact) mass is 366 g/mol. The van der Waals surface area contributed by atoms with Gasteiger partial charge in [0.2, 0.25) is 0 Å². The molecule has 0 atom stereocenters. The summed E-state index contributed by atoms with van der Waals surface area (Å²) in [6.07, 6.45) is 3.31. The molecule has 130 valence electrons. The molecule has 4 rings (SSSR count). The highest BCUT2D eigenvalue weighted by molar-refractivity contribution is 7.22. The number of nitrogens with zero attached hydrogens (tertiary/aromatic N) is 3. The van der Waals surface area contributed by atoms with E-state index in [-0.39, 0.29) is 11.6 Å². The van der Waals surface area contributed by atoms with E-state index in [2.05, 4.69) is 20.4 Å². The Labute approximate surface area is 152 Å². The van der Waals surface area contributed by atoms with E-state index in [1.54, 1.807) is 24.5 Å². The molecule has 0 aliphatic heterocycles. The Morgan fingerprint density at radius 3 is 3.04 bits per heavy atom. The number of anilines is 1. The number of thiazole rings is 1. The van der Waals surface area contributed by atoms with E-state index in [1.165, 1.54) is 11.3 Å². The van der Waals surface area contributed by atoms with Crippen molar-refractivity contribution in [1.82, 2.24) is 15.1 Å². The van der Waals surface area contributed by atoms with Crippen LogP contribution in [-0.4, -0.2) is 27.6 Å². The number of ether oxygens (including phenoxy) is 1. The van der Waals surface area contributed by atoms with Gasteiger partial charge in [0.15, 0.2) is 16.6 Å². The largest absolute Gasteiger partial charge is 0.494 e. The molecule has 1 amide bonds. The van der Waals surface area contributed by atoms with Crippen LogP contribution in [0.3, 0.4) is 0 Å². The number of carbonyl (C=O) groups excluding carboxylic acids is 1. The molecule has 7 nitrogen and oxygen atoms in total. The summed E-state index contributed by atoms with van der Waals surface area (Å²) >= 11 is 1.37. The second-order valence-corrected chi connectivity index (χ2v) is 6.38. The van der Waals surface area contributed by atoms with Crippen LogP contribution >= 0.6 is 11.3 Å². The first-order valence-electron chi connectivity index (χ1n) is 7.95. The number of nitrogens with one attached hydrogen (secondary N) is 1. The van der Waals surface area contributed by atoms with E-state index in [9.17, 15) is 4.79 Å². The molecular weight excluding hydrogens is 352 g/mol. The minimum atomic E-state index is -0.382. The SMILES string of the molecule is CCOc1ccc2nc(NC(=O)c3cc(-c4cccnc4)on3)sc2c1. The van der Waals surface area contributed by atoms with Crippen LogP contribution in [0.2, 0.25) is 0 Å². The molecule has 26 heavy (non-hydrogen) atoms. The van der Waals surface area contributed by atoms with Crippen LogP contribution in [0.5, 0.6) is 5.75 Å². The lowest BCUT2D eigenvalue weighted by Gasteiger charge is -2.00. The summed E-state index contributed by atoms with van der Waals surface area (Å²) in [5.74, 6) is 0.876. The minimum Gasteiger partial charge on any atom is -0.494 e. The van der Waals surface area contributed by atoms with Crippen molar-refractivity contribution >= 4 is 32.6 Å². The van der Waals surface area contributed by atoms with Gasteiger partial charge in [-0.2, -0.15) is 0 Å². The highest BCUT2D eigenvalue weighted by atomic mass is 32.1. The van der Waals surface area contributed by atoms with Crippen LogP contribution in [0.1, 0.15) is 17.4 Å². The molecule has 0 unspecified atom stereocenters. The van der Waals surface area contributed by atoms with Crippen molar-refractivity contribution in [3.8, 4) is 17.1 Å². The molecule has 0 spiro atoms. The third-order valence-electron chi connectivity index (χ3n) is 3.58. The van der Waals surface area contributed by atoms with Gasteiger partial charge in [-0.1, -0.05) is 16.5 Å². The number of benzene rings is 1. The summed E-state index contributed by atoms with van der Waals surface area (Å²) in [6.45, 7) is 2.53. The highest BCUT2D eigenvalue weighted by Gasteiger charge is 2.16. The van der Waals surface area contributed by atoms with Crippen molar-refractivity contribution in [3.63, 3.8) is 0 Å². The van der Waals surface area contributed by atoms with Gasteiger partial charge in [-0.05, 0) is 37.3 Å². The maximum absolute atomic E-state index is 12.4. The quantitative estimate of drug-likeness (QED) is 0.574. The van der Waals surface area contributed by atoms with Gasteiger partial charge in [-0.25, -0.2) is 4.98 Å². The second kappa shape index (κ2) is 6.93. The predicted molar refractivity (Wildman–Crippen MR) is 98.5 cm³/mol. The van der Waals surface area contributed by atoms with E-state index in [0.717, 1.165) is 21.5 Å². The van der Waals surface area contributed by atoms with Crippen LogP contribution in [0.15, 0.2) is 53.3 Å². The first-order chi connectivity index (χ1) is 12.7. The molecule has 0 saturated heterocycles. The molecule has 0 fully saturated rings. The normalized spacial score (nSPS) is 10.8. The average molecular weight is 366 g/mol. The van der Waals surface area contributed by atoms with Crippen molar-refractivity contribution in [2.45, 2.75) is 6.92 Å². The highest BCUT2D eigenvalue weighted by Crippen LogP contribution is 2.29. The zero-order chi connectivity index (χ0) is 17.9. The molecule has 3 aromatic heterocycles. The number of pyridine rings is 1. The van der Waals surface area contributed by atoms with Crippen molar-refractivity contribution in [3.05, 3.63) is 54.5 Å². The van der Waals surface area contributed by atoms with Gasteiger partial charge < -0.3 is 9.26 Å². The summed E-state index contributed by atoms with van der Waals surface area (Å²) in [5, 5.41) is 7.07. The summed E-state index contributed by atoms with van der Waals surface area (Å²) < 4.78 is 11.6. The number of amides is 1. The Kier molecular flexibility index (Phi) is 4.32. The molecule has 0 radical (unpaired) electrons.